The summed E-state index contributed by atoms with van der Waals surface area (Å²) in [6, 6.07) is -0.362. The van der Waals surface area contributed by atoms with E-state index in [-0.39, 0.29) is 6.04 Å². The minimum Gasteiger partial charge on any atom is -0.346 e. The number of carbonyl (C=O) groups excluding carboxylic acids is 1. The van der Waals surface area contributed by atoms with E-state index in [1.54, 1.807) is 6.92 Å². The highest BCUT2D eigenvalue weighted by atomic mass is 19.4. The van der Waals surface area contributed by atoms with Gasteiger partial charge >= 0.3 is 12.1 Å². The molecule has 2 nitrogen and oxygen atoms in total. The Kier molecular flexibility index (Phi) is 4.80. The molecule has 1 N–H and O–H groups in total. The second-order valence-electron chi connectivity index (χ2n) is 2.87. The first kappa shape index (κ1) is 12.3. The minimum absolute atomic E-state index is 0.362. The zero-order valence-corrected chi connectivity index (χ0v) is 7.74. The zero-order chi connectivity index (χ0) is 10.5. The van der Waals surface area contributed by atoms with Crippen LogP contribution in [0.5, 0.6) is 0 Å². The van der Waals surface area contributed by atoms with E-state index in [2.05, 4.69) is 0 Å². The van der Waals surface area contributed by atoms with Gasteiger partial charge in [-0.15, -0.1) is 0 Å². The number of amides is 1. The van der Waals surface area contributed by atoms with Gasteiger partial charge in [-0.25, -0.2) is 0 Å². The summed E-state index contributed by atoms with van der Waals surface area (Å²) in [5.41, 5.74) is 0. The highest BCUT2D eigenvalue weighted by molar-refractivity contribution is 5.81. The molecular weight excluding hydrogens is 183 g/mol. The highest BCUT2D eigenvalue weighted by Crippen LogP contribution is 2.15. The van der Waals surface area contributed by atoms with Crippen molar-refractivity contribution in [3.05, 3.63) is 0 Å². The van der Waals surface area contributed by atoms with Gasteiger partial charge in [-0.05, 0) is 12.8 Å². The molecule has 0 aromatic rings. The Morgan fingerprint density at radius 2 is 1.92 bits per heavy atom. The molecule has 1 atom stereocenters. The molecule has 13 heavy (non-hydrogen) atoms. The molecule has 78 valence electrons. The zero-order valence-electron chi connectivity index (χ0n) is 7.74. The lowest BCUT2D eigenvalue weighted by molar-refractivity contribution is -0.174. The van der Waals surface area contributed by atoms with Crippen LogP contribution in [0.15, 0.2) is 0 Å². The molecule has 0 aliphatic carbocycles. The number of carbonyl (C=O) groups is 1. The maximum atomic E-state index is 11.8. The number of hydrogen-bond donors (Lipinski definition) is 1. The van der Waals surface area contributed by atoms with Crippen molar-refractivity contribution in [1.82, 2.24) is 5.32 Å². The van der Waals surface area contributed by atoms with Gasteiger partial charge in [0.05, 0.1) is 0 Å². The summed E-state index contributed by atoms with van der Waals surface area (Å²) < 4.78 is 35.3. The van der Waals surface area contributed by atoms with Crippen molar-refractivity contribution in [1.29, 1.82) is 0 Å². The predicted molar refractivity (Wildman–Crippen MR) is 43.2 cm³/mol. The van der Waals surface area contributed by atoms with Crippen molar-refractivity contribution >= 4 is 5.91 Å². The second-order valence-corrected chi connectivity index (χ2v) is 2.87. The van der Waals surface area contributed by atoms with Gasteiger partial charge in [0.2, 0.25) is 0 Å². The number of alkyl halides is 3. The normalized spacial score (nSPS) is 13.9. The first-order valence-corrected chi connectivity index (χ1v) is 4.29. The van der Waals surface area contributed by atoms with E-state index in [0.717, 1.165) is 6.42 Å². The molecule has 0 rings (SSSR count). The van der Waals surface area contributed by atoms with Crippen LogP contribution in [0.3, 0.4) is 0 Å². The van der Waals surface area contributed by atoms with Crippen LogP contribution in [-0.2, 0) is 4.79 Å². The van der Waals surface area contributed by atoms with Crippen molar-refractivity contribution < 1.29 is 18.0 Å². The quantitative estimate of drug-likeness (QED) is 0.735. The number of hydrogen-bond acceptors (Lipinski definition) is 1. The summed E-state index contributed by atoms with van der Waals surface area (Å²) in [5.74, 6) is -1.84. The van der Waals surface area contributed by atoms with Crippen LogP contribution in [0.1, 0.15) is 33.1 Å². The van der Waals surface area contributed by atoms with Crippen LogP contribution in [-0.4, -0.2) is 18.1 Å². The minimum atomic E-state index is -4.76. The van der Waals surface area contributed by atoms with Crippen LogP contribution in [0.2, 0.25) is 0 Å². The van der Waals surface area contributed by atoms with Gasteiger partial charge in [0.15, 0.2) is 0 Å². The Labute approximate surface area is 75.5 Å². The van der Waals surface area contributed by atoms with Crippen molar-refractivity contribution in [3.8, 4) is 0 Å². The first-order valence-electron chi connectivity index (χ1n) is 4.29. The third-order valence-corrected chi connectivity index (χ3v) is 1.72. The van der Waals surface area contributed by atoms with E-state index in [4.69, 9.17) is 0 Å². The van der Waals surface area contributed by atoms with E-state index >= 15 is 0 Å². The van der Waals surface area contributed by atoms with E-state index in [0.29, 0.717) is 12.8 Å². The Bertz CT molecular complexity index is 167. The molecule has 0 aliphatic heterocycles. The fourth-order valence-corrected chi connectivity index (χ4v) is 0.994. The lowest BCUT2D eigenvalue weighted by Gasteiger charge is -2.16. The standard InChI is InChI=1S/C8H14F3NO/c1-3-5-6(4-2)12-7(13)8(9,10)11/h6H,3-5H2,1-2H3,(H,12,13). The Morgan fingerprint density at radius 3 is 2.23 bits per heavy atom. The Morgan fingerprint density at radius 1 is 1.38 bits per heavy atom. The van der Waals surface area contributed by atoms with Gasteiger partial charge in [0.25, 0.3) is 0 Å². The van der Waals surface area contributed by atoms with Gasteiger partial charge in [-0.3, -0.25) is 4.79 Å². The molecule has 0 saturated carbocycles. The number of rotatable bonds is 4. The molecule has 0 spiro atoms. The molecule has 0 aliphatic rings. The molecule has 0 bridgehead atoms. The smallest absolute Gasteiger partial charge is 0.346 e. The van der Waals surface area contributed by atoms with Gasteiger partial charge in [-0.2, -0.15) is 13.2 Å². The Balaban J connectivity index is 4.01. The fraction of sp³-hybridized carbons (Fsp3) is 0.875. The van der Waals surface area contributed by atoms with E-state index in [9.17, 15) is 18.0 Å². The second kappa shape index (κ2) is 5.09. The summed E-state index contributed by atoms with van der Waals surface area (Å²) in [5, 5.41) is 1.94. The van der Waals surface area contributed by atoms with Gasteiger partial charge < -0.3 is 5.32 Å². The van der Waals surface area contributed by atoms with Crippen LogP contribution in [0, 0.1) is 0 Å². The predicted octanol–water partition coefficient (Wildman–Crippen LogP) is 2.24. The summed E-state index contributed by atoms with van der Waals surface area (Å²) in [7, 11) is 0. The molecule has 0 aromatic heterocycles. The van der Waals surface area contributed by atoms with E-state index in [1.807, 2.05) is 12.2 Å². The molecular formula is C8H14F3NO. The topological polar surface area (TPSA) is 29.1 Å². The average Bonchev–Trinajstić information content (AvgIpc) is 2.01. The van der Waals surface area contributed by atoms with Gasteiger partial charge in [0, 0.05) is 6.04 Å². The maximum absolute atomic E-state index is 11.8. The monoisotopic (exact) mass is 197 g/mol. The molecule has 0 saturated heterocycles. The molecule has 0 fully saturated rings. The molecule has 0 radical (unpaired) electrons. The molecule has 1 amide bonds. The van der Waals surface area contributed by atoms with Crippen LogP contribution >= 0.6 is 0 Å². The van der Waals surface area contributed by atoms with Crippen molar-refractivity contribution in [3.63, 3.8) is 0 Å². The van der Waals surface area contributed by atoms with Crippen LogP contribution in [0.4, 0.5) is 13.2 Å². The lowest BCUT2D eigenvalue weighted by Crippen LogP contribution is -2.42. The van der Waals surface area contributed by atoms with Crippen molar-refractivity contribution in [2.45, 2.75) is 45.3 Å². The van der Waals surface area contributed by atoms with Gasteiger partial charge in [0.1, 0.15) is 0 Å². The number of nitrogens with one attached hydrogen (secondary N) is 1. The Hall–Kier alpha value is -0.740. The van der Waals surface area contributed by atoms with Crippen molar-refractivity contribution in [2.24, 2.45) is 0 Å². The van der Waals surface area contributed by atoms with Crippen LogP contribution < -0.4 is 5.32 Å². The molecule has 5 heteroatoms. The summed E-state index contributed by atoms with van der Waals surface area (Å²) in [4.78, 5) is 10.5. The third kappa shape index (κ3) is 4.75. The molecule has 0 heterocycles. The lowest BCUT2D eigenvalue weighted by atomic mass is 10.1. The first-order chi connectivity index (χ1) is 5.91. The summed E-state index contributed by atoms with van der Waals surface area (Å²) >= 11 is 0. The van der Waals surface area contributed by atoms with E-state index in [1.165, 1.54) is 0 Å². The van der Waals surface area contributed by atoms with Crippen molar-refractivity contribution in [2.75, 3.05) is 0 Å². The maximum Gasteiger partial charge on any atom is 0.471 e. The third-order valence-electron chi connectivity index (χ3n) is 1.72. The fourth-order valence-electron chi connectivity index (χ4n) is 0.994. The summed E-state index contributed by atoms with van der Waals surface area (Å²) in [6.45, 7) is 3.61. The average molecular weight is 197 g/mol. The van der Waals surface area contributed by atoms with Crippen LogP contribution in [0.25, 0.3) is 0 Å². The largest absolute Gasteiger partial charge is 0.471 e. The molecule has 0 aromatic carbocycles. The van der Waals surface area contributed by atoms with Gasteiger partial charge in [-0.1, -0.05) is 20.3 Å². The molecule has 1 unspecified atom stereocenters. The highest BCUT2D eigenvalue weighted by Gasteiger charge is 2.39. The SMILES string of the molecule is CCCC(CC)NC(=O)C(F)(F)F. The summed E-state index contributed by atoms with van der Waals surface area (Å²) in [6.07, 6.45) is -2.90. The van der Waals surface area contributed by atoms with E-state index < -0.39 is 12.1 Å². The number of halogens is 3.